The molecule has 2 unspecified atom stereocenters. The molecule has 1 saturated carbocycles. The molecular weight excluding hydrogens is 242 g/mol. The summed E-state index contributed by atoms with van der Waals surface area (Å²) in [4.78, 5) is 13.2. The van der Waals surface area contributed by atoms with Crippen LogP contribution in [0.3, 0.4) is 0 Å². The smallest absolute Gasteiger partial charge is 0.261 e. The van der Waals surface area contributed by atoms with Crippen LogP contribution in [0.5, 0.6) is 0 Å². The largest absolute Gasteiger partial charge is 0.393 e. The summed E-state index contributed by atoms with van der Waals surface area (Å²) in [6, 6.07) is 1.77. The van der Waals surface area contributed by atoms with Gasteiger partial charge in [-0.05, 0) is 31.2 Å². The number of nitrogens with one attached hydrogen (secondary N) is 1. The van der Waals surface area contributed by atoms with Gasteiger partial charge in [-0.25, -0.2) is 0 Å². The molecule has 1 aliphatic carbocycles. The molecule has 1 heterocycles. The van der Waals surface area contributed by atoms with Crippen molar-refractivity contribution >= 4 is 29.9 Å². The summed E-state index contributed by atoms with van der Waals surface area (Å²) in [5, 5.41) is 14.1. The standard InChI is InChI=1S/C11H15NO2S2/c13-8-2-1-7(3-8)5-12-11(14)10-4-9(15)6-16-10/h4,6-8,13,15H,1-3,5H2,(H,12,14). The molecule has 1 aliphatic rings. The second kappa shape index (κ2) is 5.21. The minimum absolute atomic E-state index is 0.0355. The summed E-state index contributed by atoms with van der Waals surface area (Å²) in [5.41, 5.74) is 0. The van der Waals surface area contributed by atoms with Gasteiger partial charge in [0.05, 0.1) is 11.0 Å². The Morgan fingerprint density at radius 2 is 2.44 bits per heavy atom. The Bertz CT molecular complexity index is 378. The van der Waals surface area contributed by atoms with E-state index in [4.69, 9.17) is 0 Å². The van der Waals surface area contributed by atoms with Gasteiger partial charge < -0.3 is 10.4 Å². The molecule has 2 N–H and O–H groups in total. The van der Waals surface area contributed by atoms with Gasteiger partial charge in [0.25, 0.3) is 5.91 Å². The molecule has 0 spiro atoms. The summed E-state index contributed by atoms with van der Waals surface area (Å²) in [6.07, 6.45) is 2.50. The Morgan fingerprint density at radius 3 is 3.00 bits per heavy atom. The van der Waals surface area contributed by atoms with Crippen LogP contribution in [0.2, 0.25) is 0 Å². The van der Waals surface area contributed by atoms with E-state index in [0.717, 1.165) is 24.2 Å². The van der Waals surface area contributed by atoms with Crippen molar-refractivity contribution in [2.24, 2.45) is 5.92 Å². The van der Waals surface area contributed by atoms with E-state index in [2.05, 4.69) is 17.9 Å². The molecule has 1 aromatic rings. The van der Waals surface area contributed by atoms with E-state index in [9.17, 15) is 9.90 Å². The maximum absolute atomic E-state index is 11.7. The van der Waals surface area contributed by atoms with Crippen LogP contribution in [0.25, 0.3) is 0 Å². The van der Waals surface area contributed by atoms with E-state index in [1.807, 2.05) is 5.38 Å². The normalized spacial score (nSPS) is 24.6. The summed E-state index contributed by atoms with van der Waals surface area (Å²) >= 11 is 5.57. The number of hydrogen-bond donors (Lipinski definition) is 3. The first-order chi connectivity index (χ1) is 7.65. The van der Waals surface area contributed by atoms with Gasteiger partial charge in [-0.2, -0.15) is 0 Å². The summed E-state index contributed by atoms with van der Waals surface area (Å²) in [5.74, 6) is 0.390. The second-order valence-electron chi connectivity index (χ2n) is 4.21. The minimum atomic E-state index is -0.173. The predicted molar refractivity (Wildman–Crippen MR) is 67.3 cm³/mol. The third-order valence-corrected chi connectivity index (χ3v) is 4.24. The maximum atomic E-state index is 11.7. The van der Waals surface area contributed by atoms with Crippen LogP contribution in [0.4, 0.5) is 0 Å². The van der Waals surface area contributed by atoms with Crippen molar-refractivity contribution in [2.45, 2.75) is 30.3 Å². The SMILES string of the molecule is O=C(NCC1CCC(O)C1)c1cc(S)cs1. The molecule has 5 heteroatoms. The number of aliphatic hydroxyl groups is 1. The zero-order valence-corrected chi connectivity index (χ0v) is 10.6. The zero-order chi connectivity index (χ0) is 11.5. The van der Waals surface area contributed by atoms with Crippen molar-refractivity contribution in [1.29, 1.82) is 0 Å². The van der Waals surface area contributed by atoms with Gasteiger partial charge in [-0.3, -0.25) is 4.79 Å². The van der Waals surface area contributed by atoms with Crippen LogP contribution in [0, 0.1) is 5.92 Å². The lowest BCUT2D eigenvalue weighted by Gasteiger charge is -2.09. The van der Waals surface area contributed by atoms with Crippen molar-refractivity contribution < 1.29 is 9.90 Å². The second-order valence-corrected chi connectivity index (χ2v) is 5.64. The number of hydrogen-bond acceptors (Lipinski definition) is 4. The number of rotatable bonds is 3. The van der Waals surface area contributed by atoms with Crippen molar-refractivity contribution in [3.05, 3.63) is 16.3 Å². The Hall–Kier alpha value is -0.520. The Labute approximate surface area is 104 Å². The first-order valence-corrected chi connectivity index (χ1v) is 6.71. The van der Waals surface area contributed by atoms with Gasteiger partial charge in [0.2, 0.25) is 0 Å². The van der Waals surface area contributed by atoms with Crippen molar-refractivity contribution in [3.63, 3.8) is 0 Å². The number of aliphatic hydroxyl groups excluding tert-OH is 1. The number of thiophene rings is 1. The third-order valence-electron chi connectivity index (χ3n) is 2.87. The molecule has 16 heavy (non-hydrogen) atoms. The highest BCUT2D eigenvalue weighted by Gasteiger charge is 2.23. The number of carbonyl (C=O) groups is 1. The van der Waals surface area contributed by atoms with E-state index < -0.39 is 0 Å². The topological polar surface area (TPSA) is 49.3 Å². The fourth-order valence-corrected chi connectivity index (χ4v) is 3.07. The van der Waals surface area contributed by atoms with E-state index in [-0.39, 0.29) is 12.0 Å². The van der Waals surface area contributed by atoms with Crippen molar-refractivity contribution in [1.82, 2.24) is 5.32 Å². The number of carbonyl (C=O) groups excluding carboxylic acids is 1. The van der Waals surface area contributed by atoms with E-state index >= 15 is 0 Å². The van der Waals surface area contributed by atoms with Crippen molar-refractivity contribution in [2.75, 3.05) is 6.54 Å². The molecule has 1 fully saturated rings. The van der Waals surface area contributed by atoms with E-state index in [1.54, 1.807) is 6.07 Å². The van der Waals surface area contributed by atoms with Crippen LogP contribution in [0.15, 0.2) is 16.3 Å². The third kappa shape index (κ3) is 2.99. The molecule has 1 amide bonds. The molecule has 2 rings (SSSR count). The fraction of sp³-hybridized carbons (Fsp3) is 0.545. The lowest BCUT2D eigenvalue weighted by Crippen LogP contribution is -2.28. The monoisotopic (exact) mass is 257 g/mol. The van der Waals surface area contributed by atoms with Gasteiger partial charge in [0.15, 0.2) is 0 Å². The highest BCUT2D eigenvalue weighted by molar-refractivity contribution is 7.80. The van der Waals surface area contributed by atoms with Gasteiger partial charge in [0, 0.05) is 16.8 Å². The van der Waals surface area contributed by atoms with E-state index in [1.165, 1.54) is 11.3 Å². The van der Waals surface area contributed by atoms with E-state index in [0.29, 0.717) is 17.3 Å². The van der Waals surface area contributed by atoms with Gasteiger partial charge >= 0.3 is 0 Å². The molecule has 0 radical (unpaired) electrons. The number of amides is 1. The molecule has 1 aromatic heterocycles. The Morgan fingerprint density at radius 1 is 1.62 bits per heavy atom. The first-order valence-electron chi connectivity index (χ1n) is 5.39. The minimum Gasteiger partial charge on any atom is -0.393 e. The molecule has 0 saturated heterocycles. The average Bonchev–Trinajstić information content (AvgIpc) is 2.84. The van der Waals surface area contributed by atoms with Crippen molar-refractivity contribution in [3.8, 4) is 0 Å². The summed E-state index contributed by atoms with van der Waals surface area (Å²) < 4.78 is 0. The van der Waals surface area contributed by atoms with Gasteiger partial charge in [-0.1, -0.05) is 0 Å². The lowest BCUT2D eigenvalue weighted by molar-refractivity contribution is 0.0949. The average molecular weight is 257 g/mol. The number of thiol groups is 1. The molecule has 0 aliphatic heterocycles. The molecule has 0 bridgehead atoms. The van der Waals surface area contributed by atoms with Gasteiger partial charge in [-0.15, -0.1) is 24.0 Å². The summed E-state index contributed by atoms with van der Waals surface area (Å²) in [7, 11) is 0. The van der Waals surface area contributed by atoms with Crippen LogP contribution >= 0.6 is 24.0 Å². The Balaban J connectivity index is 1.80. The molecule has 88 valence electrons. The molecular formula is C11H15NO2S2. The predicted octanol–water partition coefficient (Wildman–Crippen LogP) is 1.93. The first kappa shape index (κ1) is 12.0. The molecule has 2 atom stereocenters. The fourth-order valence-electron chi connectivity index (χ4n) is 2.00. The highest BCUT2D eigenvalue weighted by atomic mass is 32.1. The zero-order valence-electron chi connectivity index (χ0n) is 8.85. The van der Waals surface area contributed by atoms with Gasteiger partial charge in [0.1, 0.15) is 0 Å². The lowest BCUT2D eigenvalue weighted by atomic mass is 10.1. The van der Waals surface area contributed by atoms with Crippen LogP contribution < -0.4 is 5.32 Å². The van der Waals surface area contributed by atoms with Crippen LogP contribution in [-0.2, 0) is 0 Å². The molecule has 3 nitrogen and oxygen atoms in total. The van der Waals surface area contributed by atoms with Crippen LogP contribution in [0.1, 0.15) is 28.9 Å². The Kier molecular flexibility index (Phi) is 3.89. The highest BCUT2D eigenvalue weighted by Crippen LogP contribution is 2.24. The van der Waals surface area contributed by atoms with Crippen LogP contribution in [-0.4, -0.2) is 23.7 Å². The maximum Gasteiger partial charge on any atom is 0.261 e. The quantitative estimate of drug-likeness (QED) is 0.725. The molecule has 0 aromatic carbocycles. The summed E-state index contributed by atoms with van der Waals surface area (Å²) in [6.45, 7) is 0.662.